The summed E-state index contributed by atoms with van der Waals surface area (Å²) in [5.41, 5.74) is 1.65. The third-order valence-corrected chi connectivity index (χ3v) is 3.00. The molecule has 0 aliphatic heterocycles. The molecule has 0 bridgehead atoms. The molecule has 1 rings (SSSR count). The van der Waals surface area contributed by atoms with Crippen LogP contribution < -0.4 is 0 Å². The van der Waals surface area contributed by atoms with Crippen LogP contribution in [-0.2, 0) is 9.53 Å². The number of ether oxygens (including phenoxy) is 1. The lowest BCUT2D eigenvalue weighted by molar-refractivity contribution is -0.129. The second kappa shape index (κ2) is 3.52. The Balaban J connectivity index is 2.50. The van der Waals surface area contributed by atoms with Crippen LogP contribution in [0.25, 0.3) is 0 Å². The molecule has 0 aromatic rings. The summed E-state index contributed by atoms with van der Waals surface area (Å²) < 4.78 is 4.80. The fourth-order valence-corrected chi connectivity index (χ4v) is 1.94. The maximum Gasteiger partial charge on any atom is 0.293 e. The summed E-state index contributed by atoms with van der Waals surface area (Å²) in [6.45, 7) is 9.74. The molecule has 2 atom stereocenters. The van der Waals surface area contributed by atoms with E-state index in [0.717, 1.165) is 0 Å². The largest absolute Gasteiger partial charge is 0.468 e. The Bertz CT molecular complexity index is 224. The van der Waals surface area contributed by atoms with Crippen LogP contribution in [-0.4, -0.2) is 13.1 Å². The first-order chi connectivity index (χ1) is 6.00. The van der Waals surface area contributed by atoms with Crippen molar-refractivity contribution in [3.05, 3.63) is 11.6 Å². The molecule has 0 aromatic carbocycles. The Morgan fingerprint density at radius 2 is 2.08 bits per heavy atom. The van der Waals surface area contributed by atoms with Crippen molar-refractivity contribution < 1.29 is 9.53 Å². The molecule has 2 heteroatoms. The Labute approximate surface area is 80.0 Å². The molecule has 0 radical (unpaired) electrons. The minimum Gasteiger partial charge on any atom is -0.468 e. The van der Waals surface area contributed by atoms with Crippen molar-refractivity contribution in [1.82, 2.24) is 0 Å². The van der Waals surface area contributed by atoms with Crippen LogP contribution >= 0.6 is 0 Å². The number of rotatable bonds is 4. The number of allylic oxidation sites excluding steroid dienone is 2. The molecule has 0 N–H and O–H groups in total. The Morgan fingerprint density at radius 3 is 2.54 bits per heavy atom. The number of hydrogen-bond acceptors (Lipinski definition) is 2. The van der Waals surface area contributed by atoms with Crippen molar-refractivity contribution in [2.75, 3.05) is 6.61 Å². The van der Waals surface area contributed by atoms with E-state index in [1.54, 1.807) is 0 Å². The highest BCUT2D eigenvalue weighted by Gasteiger charge is 2.56. The van der Waals surface area contributed by atoms with Gasteiger partial charge in [0, 0.05) is 5.92 Å². The van der Waals surface area contributed by atoms with Gasteiger partial charge in [0.15, 0.2) is 0 Å². The first-order valence-electron chi connectivity index (χ1n) is 4.70. The molecule has 0 aromatic heterocycles. The summed E-state index contributed by atoms with van der Waals surface area (Å²) in [5.74, 6) is 1.09. The van der Waals surface area contributed by atoms with Crippen LogP contribution in [0.2, 0.25) is 0 Å². The lowest BCUT2D eigenvalue weighted by Gasteiger charge is -1.99. The van der Waals surface area contributed by atoms with E-state index in [2.05, 4.69) is 33.8 Å². The standard InChI is InChI=1S/C11H18O2/c1-8(2)5-9-10(6-13-7-12)11(9,3)4/h5,7,9-10H,6H2,1-4H3. The van der Waals surface area contributed by atoms with Gasteiger partial charge in [0.1, 0.15) is 0 Å². The smallest absolute Gasteiger partial charge is 0.293 e. The molecule has 0 heterocycles. The fourth-order valence-electron chi connectivity index (χ4n) is 1.94. The van der Waals surface area contributed by atoms with Crippen LogP contribution in [0.4, 0.5) is 0 Å². The fraction of sp³-hybridized carbons (Fsp3) is 0.727. The van der Waals surface area contributed by atoms with Crippen molar-refractivity contribution in [3.8, 4) is 0 Å². The van der Waals surface area contributed by atoms with Gasteiger partial charge in [-0.1, -0.05) is 25.5 Å². The highest BCUT2D eigenvalue weighted by molar-refractivity contribution is 5.37. The van der Waals surface area contributed by atoms with Gasteiger partial charge in [0.25, 0.3) is 6.47 Å². The summed E-state index contributed by atoms with van der Waals surface area (Å²) >= 11 is 0. The molecule has 0 spiro atoms. The summed E-state index contributed by atoms with van der Waals surface area (Å²) in [6.07, 6.45) is 2.28. The molecule has 1 aliphatic rings. The Morgan fingerprint density at radius 1 is 1.46 bits per heavy atom. The molecule has 1 fully saturated rings. The van der Waals surface area contributed by atoms with E-state index in [1.807, 2.05) is 0 Å². The topological polar surface area (TPSA) is 26.3 Å². The molecule has 74 valence electrons. The normalized spacial score (nSPS) is 29.2. The molecule has 1 saturated carbocycles. The first kappa shape index (κ1) is 10.3. The molecule has 0 saturated heterocycles. The zero-order chi connectivity index (χ0) is 10.1. The van der Waals surface area contributed by atoms with E-state index in [-0.39, 0.29) is 0 Å². The summed E-state index contributed by atoms with van der Waals surface area (Å²) in [5, 5.41) is 0. The van der Waals surface area contributed by atoms with Gasteiger partial charge in [-0.3, -0.25) is 4.79 Å². The number of carbonyl (C=O) groups excluding carboxylic acids is 1. The average molecular weight is 182 g/mol. The molecule has 2 unspecified atom stereocenters. The molecule has 2 nitrogen and oxygen atoms in total. The van der Waals surface area contributed by atoms with Crippen LogP contribution in [0.1, 0.15) is 27.7 Å². The van der Waals surface area contributed by atoms with Crippen LogP contribution in [0.5, 0.6) is 0 Å². The summed E-state index contributed by atoms with van der Waals surface area (Å²) in [4.78, 5) is 10.0. The van der Waals surface area contributed by atoms with E-state index in [1.165, 1.54) is 5.57 Å². The van der Waals surface area contributed by atoms with Crippen LogP contribution in [0.3, 0.4) is 0 Å². The van der Waals surface area contributed by atoms with Gasteiger partial charge in [-0.2, -0.15) is 0 Å². The van der Waals surface area contributed by atoms with Gasteiger partial charge in [-0.15, -0.1) is 0 Å². The van der Waals surface area contributed by atoms with E-state index < -0.39 is 0 Å². The van der Waals surface area contributed by atoms with Crippen molar-refractivity contribution in [1.29, 1.82) is 0 Å². The maximum atomic E-state index is 10.0. The Kier molecular flexibility index (Phi) is 2.79. The monoisotopic (exact) mass is 182 g/mol. The molecule has 1 aliphatic carbocycles. The number of carbonyl (C=O) groups is 1. The Hall–Kier alpha value is -0.790. The highest BCUT2D eigenvalue weighted by atomic mass is 16.5. The van der Waals surface area contributed by atoms with Gasteiger partial charge in [-0.05, 0) is 25.2 Å². The lowest BCUT2D eigenvalue weighted by atomic mass is 10.1. The van der Waals surface area contributed by atoms with Crippen molar-refractivity contribution in [2.24, 2.45) is 17.3 Å². The number of hydrogen-bond donors (Lipinski definition) is 0. The summed E-state index contributed by atoms with van der Waals surface area (Å²) in [7, 11) is 0. The molecule has 13 heavy (non-hydrogen) atoms. The second-order valence-electron chi connectivity index (χ2n) is 4.63. The highest BCUT2D eigenvalue weighted by Crippen LogP contribution is 2.59. The predicted octanol–water partition coefficient (Wildman–Crippen LogP) is 2.40. The zero-order valence-electron chi connectivity index (χ0n) is 8.83. The van der Waals surface area contributed by atoms with E-state index >= 15 is 0 Å². The van der Waals surface area contributed by atoms with Crippen molar-refractivity contribution in [3.63, 3.8) is 0 Å². The summed E-state index contributed by atoms with van der Waals surface area (Å²) in [6, 6.07) is 0. The van der Waals surface area contributed by atoms with Gasteiger partial charge in [-0.25, -0.2) is 0 Å². The van der Waals surface area contributed by atoms with Gasteiger partial charge < -0.3 is 4.74 Å². The lowest BCUT2D eigenvalue weighted by Crippen LogP contribution is -1.99. The van der Waals surface area contributed by atoms with Crippen molar-refractivity contribution in [2.45, 2.75) is 27.7 Å². The molecular formula is C11H18O2. The third kappa shape index (κ3) is 2.11. The second-order valence-corrected chi connectivity index (χ2v) is 4.63. The maximum absolute atomic E-state index is 10.0. The first-order valence-corrected chi connectivity index (χ1v) is 4.70. The van der Waals surface area contributed by atoms with E-state index in [9.17, 15) is 4.79 Å². The molecular weight excluding hydrogens is 164 g/mol. The van der Waals surface area contributed by atoms with Crippen molar-refractivity contribution >= 4 is 6.47 Å². The van der Waals surface area contributed by atoms with Crippen LogP contribution in [0, 0.1) is 17.3 Å². The van der Waals surface area contributed by atoms with Gasteiger partial charge in [0.05, 0.1) is 6.61 Å². The van der Waals surface area contributed by atoms with Crippen LogP contribution in [0.15, 0.2) is 11.6 Å². The minimum absolute atomic E-state index is 0.306. The predicted molar refractivity (Wildman–Crippen MR) is 52.2 cm³/mol. The zero-order valence-corrected chi connectivity index (χ0v) is 8.83. The van der Waals surface area contributed by atoms with Gasteiger partial charge in [0.2, 0.25) is 0 Å². The van der Waals surface area contributed by atoms with E-state index in [4.69, 9.17) is 4.74 Å². The average Bonchev–Trinajstić information content (AvgIpc) is 2.49. The molecule has 0 amide bonds. The minimum atomic E-state index is 0.306. The third-order valence-electron chi connectivity index (χ3n) is 3.00. The quantitative estimate of drug-likeness (QED) is 0.493. The SMILES string of the molecule is CC(C)=CC1C(COC=O)C1(C)C. The van der Waals surface area contributed by atoms with E-state index in [0.29, 0.717) is 30.3 Å². The van der Waals surface area contributed by atoms with Gasteiger partial charge >= 0.3 is 0 Å².